The van der Waals surface area contributed by atoms with Crippen LogP contribution in [0.3, 0.4) is 0 Å². The molecule has 1 aromatic rings. The molecule has 1 N–H and O–H groups in total. The van der Waals surface area contributed by atoms with E-state index in [9.17, 15) is 13.2 Å². The lowest BCUT2D eigenvalue weighted by Crippen LogP contribution is -2.17. The first-order chi connectivity index (χ1) is 8.46. The maximum absolute atomic E-state index is 11.8. The molecular formula is C10H16F3N3OS. The summed E-state index contributed by atoms with van der Waals surface area (Å²) in [5, 5.41) is 12.6. The van der Waals surface area contributed by atoms with Gasteiger partial charge in [0.05, 0.1) is 12.6 Å². The SMILES string of the molecule is CCC(NC)c1nnc(CCOCC(F)(F)F)s1. The molecule has 0 spiro atoms. The molecule has 0 bridgehead atoms. The van der Waals surface area contributed by atoms with Gasteiger partial charge in [0.15, 0.2) is 0 Å². The Morgan fingerprint density at radius 2 is 2.11 bits per heavy atom. The number of aromatic nitrogens is 2. The van der Waals surface area contributed by atoms with E-state index in [1.807, 2.05) is 14.0 Å². The van der Waals surface area contributed by atoms with Gasteiger partial charge in [0.1, 0.15) is 16.6 Å². The van der Waals surface area contributed by atoms with Crippen LogP contribution in [-0.4, -0.2) is 36.6 Å². The van der Waals surface area contributed by atoms with Crippen LogP contribution in [0.2, 0.25) is 0 Å². The smallest absolute Gasteiger partial charge is 0.372 e. The molecule has 1 aromatic heterocycles. The van der Waals surface area contributed by atoms with Crippen molar-refractivity contribution in [3.63, 3.8) is 0 Å². The van der Waals surface area contributed by atoms with Gasteiger partial charge in [-0.2, -0.15) is 13.2 Å². The third-order valence-electron chi connectivity index (χ3n) is 2.26. The molecule has 0 radical (unpaired) electrons. The van der Waals surface area contributed by atoms with E-state index in [-0.39, 0.29) is 12.6 Å². The number of nitrogens with one attached hydrogen (secondary N) is 1. The molecule has 1 heterocycles. The van der Waals surface area contributed by atoms with Gasteiger partial charge in [0.25, 0.3) is 0 Å². The largest absolute Gasteiger partial charge is 0.411 e. The first kappa shape index (κ1) is 15.3. The van der Waals surface area contributed by atoms with E-state index in [0.717, 1.165) is 11.4 Å². The van der Waals surface area contributed by atoms with Crippen molar-refractivity contribution >= 4 is 11.3 Å². The Morgan fingerprint density at radius 3 is 2.67 bits per heavy atom. The summed E-state index contributed by atoms with van der Waals surface area (Å²) in [5.41, 5.74) is 0. The maximum Gasteiger partial charge on any atom is 0.411 e. The average Bonchev–Trinajstić information content (AvgIpc) is 2.74. The summed E-state index contributed by atoms with van der Waals surface area (Å²) in [4.78, 5) is 0. The highest BCUT2D eigenvalue weighted by atomic mass is 32.1. The molecule has 0 aliphatic carbocycles. The van der Waals surface area contributed by atoms with E-state index in [1.54, 1.807) is 0 Å². The molecule has 0 aliphatic heterocycles. The van der Waals surface area contributed by atoms with Crippen molar-refractivity contribution in [1.82, 2.24) is 15.5 Å². The first-order valence-electron chi connectivity index (χ1n) is 5.60. The normalized spacial score (nSPS) is 13.8. The van der Waals surface area contributed by atoms with E-state index in [1.165, 1.54) is 11.3 Å². The van der Waals surface area contributed by atoms with Crippen molar-refractivity contribution in [2.24, 2.45) is 0 Å². The van der Waals surface area contributed by atoms with E-state index >= 15 is 0 Å². The number of ether oxygens (including phenoxy) is 1. The van der Waals surface area contributed by atoms with Gasteiger partial charge in [-0.05, 0) is 13.5 Å². The predicted molar refractivity (Wildman–Crippen MR) is 62.6 cm³/mol. The van der Waals surface area contributed by atoms with Crippen LogP contribution in [0.5, 0.6) is 0 Å². The first-order valence-corrected chi connectivity index (χ1v) is 6.42. The van der Waals surface area contributed by atoms with Crippen molar-refractivity contribution < 1.29 is 17.9 Å². The Hall–Kier alpha value is -0.730. The van der Waals surface area contributed by atoms with Crippen LogP contribution in [0, 0.1) is 0 Å². The second-order valence-corrected chi connectivity index (χ2v) is 4.79. The van der Waals surface area contributed by atoms with Gasteiger partial charge < -0.3 is 10.1 Å². The lowest BCUT2D eigenvalue weighted by molar-refractivity contribution is -0.173. The Morgan fingerprint density at radius 1 is 1.39 bits per heavy atom. The predicted octanol–water partition coefficient (Wildman–Crippen LogP) is 2.33. The maximum atomic E-state index is 11.8. The molecule has 1 atom stereocenters. The van der Waals surface area contributed by atoms with Crippen LogP contribution < -0.4 is 5.32 Å². The van der Waals surface area contributed by atoms with Crippen molar-refractivity contribution in [3.8, 4) is 0 Å². The molecule has 104 valence electrons. The van der Waals surface area contributed by atoms with Crippen molar-refractivity contribution in [1.29, 1.82) is 0 Å². The highest BCUT2D eigenvalue weighted by Crippen LogP contribution is 2.21. The summed E-state index contributed by atoms with van der Waals surface area (Å²) < 4.78 is 40.0. The number of alkyl halides is 3. The van der Waals surface area contributed by atoms with Gasteiger partial charge in [0, 0.05) is 6.42 Å². The van der Waals surface area contributed by atoms with E-state index in [4.69, 9.17) is 0 Å². The van der Waals surface area contributed by atoms with Crippen LogP contribution in [0.4, 0.5) is 13.2 Å². The Bertz CT molecular complexity index is 352. The Balaban J connectivity index is 2.35. The molecule has 4 nitrogen and oxygen atoms in total. The second kappa shape index (κ2) is 7.01. The van der Waals surface area contributed by atoms with Crippen LogP contribution in [0.1, 0.15) is 29.4 Å². The quantitative estimate of drug-likeness (QED) is 0.780. The molecule has 1 rings (SSSR count). The molecule has 1 unspecified atom stereocenters. The molecule has 0 aliphatic rings. The lowest BCUT2D eigenvalue weighted by Gasteiger charge is -2.08. The fourth-order valence-corrected chi connectivity index (χ4v) is 2.37. The van der Waals surface area contributed by atoms with Crippen molar-refractivity contribution in [3.05, 3.63) is 10.0 Å². The van der Waals surface area contributed by atoms with E-state index < -0.39 is 12.8 Å². The Kier molecular flexibility index (Phi) is 5.97. The third kappa shape index (κ3) is 5.28. The fraction of sp³-hybridized carbons (Fsp3) is 0.800. The average molecular weight is 283 g/mol. The van der Waals surface area contributed by atoms with Gasteiger partial charge in [-0.1, -0.05) is 18.3 Å². The zero-order chi connectivity index (χ0) is 13.6. The van der Waals surface area contributed by atoms with Crippen LogP contribution in [0.15, 0.2) is 0 Å². The van der Waals surface area contributed by atoms with Crippen molar-refractivity contribution in [2.75, 3.05) is 20.3 Å². The monoisotopic (exact) mass is 283 g/mol. The minimum Gasteiger partial charge on any atom is -0.372 e. The molecule has 0 aromatic carbocycles. The van der Waals surface area contributed by atoms with Gasteiger partial charge in [0.2, 0.25) is 0 Å². The minimum absolute atomic E-state index is 0.00445. The summed E-state index contributed by atoms with van der Waals surface area (Å²) >= 11 is 1.40. The number of hydrogen-bond donors (Lipinski definition) is 1. The van der Waals surface area contributed by atoms with Gasteiger partial charge in [-0.25, -0.2) is 0 Å². The second-order valence-electron chi connectivity index (χ2n) is 3.70. The number of hydrogen-bond acceptors (Lipinski definition) is 5. The topological polar surface area (TPSA) is 47.0 Å². The standard InChI is InChI=1S/C10H16F3N3OS/c1-3-7(14-2)9-16-15-8(18-9)4-5-17-6-10(11,12)13/h7,14H,3-6H2,1-2H3. The summed E-state index contributed by atoms with van der Waals surface area (Å²) in [7, 11) is 1.84. The van der Waals surface area contributed by atoms with Crippen LogP contribution in [0.25, 0.3) is 0 Å². The van der Waals surface area contributed by atoms with Gasteiger partial charge >= 0.3 is 6.18 Å². The number of halogens is 3. The van der Waals surface area contributed by atoms with E-state index in [0.29, 0.717) is 11.4 Å². The van der Waals surface area contributed by atoms with E-state index in [2.05, 4.69) is 20.3 Å². The third-order valence-corrected chi connectivity index (χ3v) is 3.36. The number of rotatable bonds is 7. The Labute approximate surface area is 108 Å². The van der Waals surface area contributed by atoms with Crippen LogP contribution in [-0.2, 0) is 11.2 Å². The zero-order valence-electron chi connectivity index (χ0n) is 10.3. The fourth-order valence-electron chi connectivity index (χ4n) is 1.36. The molecule has 18 heavy (non-hydrogen) atoms. The molecule has 0 fully saturated rings. The lowest BCUT2D eigenvalue weighted by atomic mass is 10.2. The zero-order valence-corrected chi connectivity index (χ0v) is 11.1. The van der Waals surface area contributed by atoms with Crippen molar-refractivity contribution in [2.45, 2.75) is 32.0 Å². The highest BCUT2D eigenvalue weighted by Gasteiger charge is 2.27. The summed E-state index contributed by atoms with van der Waals surface area (Å²) in [5.74, 6) is 0. The molecular weight excluding hydrogens is 267 g/mol. The van der Waals surface area contributed by atoms with Gasteiger partial charge in [-0.15, -0.1) is 10.2 Å². The molecule has 0 saturated heterocycles. The molecule has 0 amide bonds. The summed E-state index contributed by atoms with van der Waals surface area (Å²) in [6, 6.07) is 0.146. The van der Waals surface area contributed by atoms with Gasteiger partial charge in [-0.3, -0.25) is 0 Å². The minimum atomic E-state index is -4.27. The summed E-state index contributed by atoms with van der Waals surface area (Å²) in [6.07, 6.45) is -3.03. The van der Waals surface area contributed by atoms with Crippen LogP contribution >= 0.6 is 11.3 Å². The highest BCUT2D eigenvalue weighted by molar-refractivity contribution is 7.11. The molecule has 8 heteroatoms. The summed E-state index contributed by atoms with van der Waals surface area (Å²) in [6.45, 7) is 0.811. The number of nitrogens with zero attached hydrogens (tertiary/aromatic N) is 2. The molecule has 0 saturated carbocycles.